The zero-order valence-corrected chi connectivity index (χ0v) is 14.8. The molecule has 0 aromatic heterocycles. The van der Waals surface area contributed by atoms with E-state index >= 15 is 0 Å². The Bertz CT molecular complexity index is 471. The molecule has 6 heteroatoms. The van der Waals surface area contributed by atoms with Gasteiger partial charge in [-0.3, -0.25) is 4.79 Å². The van der Waals surface area contributed by atoms with E-state index in [1.54, 1.807) is 6.07 Å². The summed E-state index contributed by atoms with van der Waals surface area (Å²) in [5.41, 5.74) is -0.318. The molecular weight excluding hydrogens is 353 g/mol. The van der Waals surface area contributed by atoms with E-state index in [9.17, 15) is 9.18 Å². The quantitative estimate of drug-likeness (QED) is 0.818. The van der Waals surface area contributed by atoms with Gasteiger partial charge in [-0.1, -0.05) is 0 Å². The fraction of sp³-hybridized carbons (Fsp3) is 0.562. The number of rotatable bonds is 3. The molecule has 2 rings (SSSR count). The zero-order chi connectivity index (χ0) is 16.6. The van der Waals surface area contributed by atoms with Crippen LogP contribution in [0.3, 0.4) is 0 Å². The van der Waals surface area contributed by atoms with Gasteiger partial charge in [0.1, 0.15) is 23.3 Å². The second-order valence-electron chi connectivity index (χ2n) is 5.97. The van der Waals surface area contributed by atoms with E-state index in [-0.39, 0.29) is 17.5 Å². The number of piperidine rings is 1. The highest BCUT2D eigenvalue weighted by atomic mass is 79.9. The summed E-state index contributed by atoms with van der Waals surface area (Å²) in [6.07, 6.45) is 2.15. The van der Waals surface area contributed by atoms with Gasteiger partial charge in [-0.25, -0.2) is 4.39 Å². The van der Waals surface area contributed by atoms with Crippen molar-refractivity contribution < 1.29 is 18.7 Å². The molecule has 1 saturated heterocycles. The summed E-state index contributed by atoms with van der Waals surface area (Å²) in [6, 6.07) is 4.51. The van der Waals surface area contributed by atoms with Crippen LogP contribution in [0, 0.1) is 5.82 Å². The largest absolute Gasteiger partial charge is 0.489 e. The highest BCUT2D eigenvalue weighted by molar-refractivity contribution is 9.10. The second kappa shape index (κ2) is 9.10. The molecule has 0 aliphatic carbocycles. The van der Waals surface area contributed by atoms with Crippen molar-refractivity contribution in [2.24, 2.45) is 0 Å². The summed E-state index contributed by atoms with van der Waals surface area (Å²) >= 11 is 3.35. The third-order valence-corrected chi connectivity index (χ3v) is 3.53. The van der Waals surface area contributed by atoms with Crippen LogP contribution in [0.5, 0.6) is 5.75 Å². The van der Waals surface area contributed by atoms with Crippen LogP contribution in [0.2, 0.25) is 0 Å². The first-order valence-corrected chi connectivity index (χ1v) is 8.05. The lowest BCUT2D eigenvalue weighted by Crippen LogP contribution is -2.34. The molecule has 22 heavy (non-hydrogen) atoms. The van der Waals surface area contributed by atoms with Crippen molar-refractivity contribution in [1.82, 2.24) is 5.32 Å². The number of hydrogen-bond acceptors (Lipinski definition) is 4. The average Bonchev–Trinajstić information content (AvgIpc) is 2.43. The Kier molecular flexibility index (Phi) is 7.82. The molecule has 0 atom stereocenters. The van der Waals surface area contributed by atoms with Crippen molar-refractivity contribution in [3.05, 3.63) is 28.5 Å². The molecule has 1 aromatic carbocycles. The lowest BCUT2D eigenvalue weighted by Gasteiger charge is -2.24. The maximum absolute atomic E-state index is 13.0. The molecule has 1 aliphatic rings. The number of carbonyl (C=O) groups is 1. The maximum Gasteiger partial charge on any atom is 0.293 e. The van der Waals surface area contributed by atoms with Crippen LogP contribution in [0.15, 0.2) is 22.7 Å². The molecule has 1 heterocycles. The molecule has 0 saturated carbocycles. The molecule has 0 radical (unpaired) electrons. The minimum absolute atomic E-state index is 0.198. The van der Waals surface area contributed by atoms with E-state index in [4.69, 9.17) is 4.74 Å². The first kappa shape index (κ1) is 18.9. The number of halogens is 2. The van der Waals surface area contributed by atoms with Gasteiger partial charge in [0, 0.05) is 6.07 Å². The summed E-state index contributed by atoms with van der Waals surface area (Å²) in [6.45, 7) is 7.86. The van der Waals surface area contributed by atoms with Crippen LogP contribution in [-0.4, -0.2) is 31.3 Å². The normalized spacial score (nSPS) is 15.5. The maximum atomic E-state index is 13.0. The number of benzene rings is 1. The van der Waals surface area contributed by atoms with Crippen molar-refractivity contribution in [2.75, 3.05) is 13.1 Å². The first-order valence-electron chi connectivity index (χ1n) is 7.25. The van der Waals surface area contributed by atoms with Crippen LogP contribution in [0.4, 0.5) is 4.39 Å². The summed E-state index contributed by atoms with van der Waals surface area (Å²) in [4.78, 5) is 9.60. The van der Waals surface area contributed by atoms with E-state index in [0.29, 0.717) is 12.2 Å². The van der Waals surface area contributed by atoms with Crippen LogP contribution in [0.25, 0.3) is 0 Å². The minimum Gasteiger partial charge on any atom is -0.489 e. The zero-order valence-electron chi connectivity index (χ0n) is 13.2. The molecule has 0 spiro atoms. The van der Waals surface area contributed by atoms with Gasteiger partial charge in [0.2, 0.25) is 0 Å². The standard InChI is InChI=1S/C11H13BrFNO.C5H10O2/c12-10-2-1-8(13)7-11(10)15-9-3-5-14-6-4-9;1-5(2,3)7-4-6/h1-2,7,9,14H,3-6H2;4H,1-3H3. The predicted molar refractivity (Wildman–Crippen MR) is 87.5 cm³/mol. The molecule has 1 fully saturated rings. The van der Waals surface area contributed by atoms with Gasteiger partial charge in [0.25, 0.3) is 6.47 Å². The third kappa shape index (κ3) is 7.75. The highest BCUT2D eigenvalue weighted by Gasteiger charge is 2.15. The van der Waals surface area contributed by atoms with Crippen molar-refractivity contribution in [2.45, 2.75) is 45.3 Å². The van der Waals surface area contributed by atoms with Gasteiger partial charge in [0.05, 0.1) is 4.47 Å². The number of nitrogens with one attached hydrogen (secondary N) is 1. The average molecular weight is 376 g/mol. The molecule has 1 aliphatic heterocycles. The predicted octanol–water partition coefficient (Wildman–Crippen LogP) is 3.68. The second-order valence-corrected chi connectivity index (χ2v) is 6.82. The summed E-state index contributed by atoms with van der Waals surface area (Å²) in [5, 5.41) is 3.26. The minimum atomic E-state index is -0.318. The highest BCUT2D eigenvalue weighted by Crippen LogP contribution is 2.27. The molecule has 4 nitrogen and oxygen atoms in total. The van der Waals surface area contributed by atoms with Gasteiger partial charge >= 0.3 is 0 Å². The fourth-order valence-corrected chi connectivity index (χ4v) is 2.14. The lowest BCUT2D eigenvalue weighted by atomic mass is 10.1. The Labute approximate surface area is 139 Å². The Hall–Kier alpha value is -1.14. The van der Waals surface area contributed by atoms with Gasteiger partial charge in [0.15, 0.2) is 0 Å². The molecule has 0 unspecified atom stereocenters. The summed E-state index contributed by atoms with van der Waals surface area (Å²) in [5.74, 6) is 0.337. The van der Waals surface area contributed by atoms with Crippen LogP contribution in [0.1, 0.15) is 33.6 Å². The molecule has 1 aromatic rings. The summed E-state index contributed by atoms with van der Waals surface area (Å²) in [7, 11) is 0. The molecule has 124 valence electrons. The third-order valence-electron chi connectivity index (χ3n) is 2.87. The van der Waals surface area contributed by atoms with Gasteiger partial charge < -0.3 is 14.8 Å². The Balaban J connectivity index is 0.000000295. The van der Waals surface area contributed by atoms with Crippen LogP contribution >= 0.6 is 15.9 Å². The van der Waals surface area contributed by atoms with E-state index in [1.807, 2.05) is 20.8 Å². The molecule has 1 N–H and O–H groups in total. The number of hydrogen-bond donors (Lipinski definition) is 1. The Morgan fingerprint density at radius 1 is 1.32 bits per heavy atom. The smallest absolute Gasteiger partial charge is 0.293 e. The fourth-order valence-electron chi connectivity index (χ4n) is 1.80. The monoisotopic (exact) mass is 375 g/mol. The Morgan fingerprint density at radius 3 is 2.45 bits per heavy atom. The van der Waals surface area contributed by atoms with Crippen molar-refractivity contribution in [1.29, 1.82) is 0 Å². The van der Waals surface area contributed by atoms with E-state index in [0.717, 1.165) is 30.4 Å². The number of carbonyl (C=O) groups excluding carboxylic acids is 1. The van der Waals surface area contributed by atoms with Gasteiger partial charge in [-0.15, -0.1) is 0 Å². The van der Waals surface area contributed by atoms with Gasteiger partial charge in [-0.2, -0.15) is 0 Å². The van der Waals surface area contributed by atoms with E-state index in [2.05, 4.69) is 26.0 Å². The molecule has 0 amide bonds. The lowest BCUT2D eigenvalue weighted by molar-refractivity contribution is -0.138. The SMILES string of the molecule is CC(C)(C)OC=O.Fc1ccc(Br)c(OC2CCNCC2)c1. The summed E-state index contributed by atoms with van der Waals surface area (Å²) < 4.78 is 24.1. The van der Waals surface area contributed by atoms with Crippen molar-refractivity contribution in [3.8, 4) is 5.75 Å². The Morgan fingerprint density at radius 2 is 1.95 bits per heavy atom. The van der Waals surface area contributed by atoms with Crippen LogP contribution < -0.4 is 10.1 Å². The van der Waals surface area contributed by atoms with Crippen molar-refractivity contribution in [3.63, 3.8) is 0 Å². The van der Waals surface area contributed by atoms with Gasteiger partial charge in [-0.05, 0) is 74.8 Å². The number of ether oxygens (including phenoxy) is 2. The molecular formula is C16H23BrFNO3. The first-order chi connectivity index (χ1) is 10.3. The molecule has 0 bridgehead atoms. The van der Waals surface area contributed by atoms with E-state index < -0.39 is 0 Å². The topological polar surface area (TPSA) is 47.6 Å². The van der Waals surface area contributed by atoms with E-state index in [1.165, 1.54) is 12.1 Å². The van der Waals surface area contributed by atoms with Crippen LogP contribution in [-0.2, 0) is 9.53 Å². The van der Waals surface area contributed by atoms with Crippen molar-refractivity contribution >= 4 is 22.4 Å².